The van der Waals surface area contributed by atoms with Gasteiger partial charge >= 0.3 is 0 Å². The minimum atomic E-state index is -0.671. The Labute approximate surface area is 192 Å². The topological polar surface area (TPSA) is 78.4 Å². The molecule has 2 atom stereocenters. The van der Waals surface area contributed by atoms with E-state index in [9.17, 15) is 14.7 Å². The fourth-order valence-electron chi connectivity index (χ4n) is 3.72. The van der Waals surface area contributed by atoms with Crippen molar-refractivity contribution in [2.45, 2.75) is 23.6 Å². The molecule has 5 nitrogen and oxygen atoms in total. The van der Waals surface area contributed by atoms with E-state index >= 15 is 0 Å². The first kappa shape index (κ1) is 22.0. The molecular formula is C26H26N2O3S. The predicted molar refractivity (Wildman–Crippen MR) is 129 cm³/mol. The number of nitrogens with one attached hydrogen (secondary N) is 2. The number of rotatable bonds is 8. The lowest BCUT2D eigenvalue weighted by Crippen LogP contribution is -2.51. The first-order valence-electron chi connectivity index (χ1n) is 10.6. The summed E-state index contributed by atoms with van der Waals surface area (Å²) in [6.07, 6.45) is 0.983. The maximum absolute atomic E-state index is 13.1. The van der Waals surface area contributed by atoms with Crippen LogP contribution in [0.1, 0.15) is 11.1 Å². The summed E-state index contributed by atoms with van der Waals surface area (Å²) >= 11 is 1.61. The van der Waals surface area contributed by atoms with Crippen LogP contribution < -0.4 is 10.6 Å². The van der Waals surface area contributed by atoms with Crippen LogP contribution in [0.3, 0.4) is 0 Å². The molecule has 0 spiro atoms. The SMILES string of the molecule is CNC(=O)[C@H](Cc1ccc(O)cc1)NC(=O)[C@]1(Cc2ccc(-c3ccccc3)cc2)CS1. The second-order valence-corrected chi connectivity index (χ2v) is 9.39. The number of benzene rings is 3. The van der Waals surface area contributed by atoms with Crippen molar-refractivity contribution in [2.24, 2.45) is 0 Å². The standard InChI is InChI=1S/C26H26N2O3S/c1-27-24(30)23(15-18-9-13-22(29)14-10-18)28-25(31)26(17-32-26)16-19-7-11-21(12-8-19)20-5-3-2-4-6-20/h2-14,23,29H,15-17H2,1H3,(H,27,30)(H,28,31)/t23-,26-/m0/s1. The van der Waals surface area contributed by atoms with Gasteiger partial charge < -0.3 is 15.7 Å². The molecule has 3 aromatic carbocycles. The number of hydrogen-bond donors (Lipinski definition) is 3. The van der Waals surface area contributed by atoms with Gasteiger partial charge in [0.2, 0.25) is 11.8 Å². The van der Waals surface area contributed by atoms with Crippen LogP contribution >= 0.6 is 11.8 Å². The van der Waals surface area contributed by atoms with Gasteiger partial charge in [-0.1, -0.05) is 66.7 Å². The average Bonchev–Trinajstić information content (AvgIpc) is 3.61. The summed E-state index contributed by atoms with van der Waals surface area (Å²) in [7, 11) is 1.56. The van der Waals surface area contributed by atoms with E-state index in [0.717, 1.165) is 28.0 Å². The van der Waals surface area contributed by atoms with Crippen LogP contribution in [0.5, 0.6) is 5.75 Å². The second-order valence-electron chi connectivity index (χ2n) is 8.03. The number of aromatic hydroxyl groups is 1. The molecule has 0 aromatic heterocycles. The maximum Gasteiger partial charge on any atom is 0.242 e. The highest BCUT2D eigenvalue weighted by Gasteiger charge is 2.51. The van der Waals surface area contributed by atoms with Crippen molar-refractivity contribution >= 4 is 23.6 Å². The zero-order chi connectivity index (χ0) is 22.6. The molecule has 1 aliphatic rings. The number of likely N-dealkylation sites (N-methyl/N-ethyl adjacent to an activating group) is 1. The molecule has 1 saturated heterocycles. The molecule has 0 radical (unpaired) electrons. The number of carbonyl (C=O) groups excluding carboxylic acids is 2. The number of hydrogen-bond acceptors (Lipinski definition) is 4. The zero-order valence-corrected chi connectivity index (χ0v) is 18.7. The quantitative estimate of drug-likeness (QED) is 0.463. The normalized spacial score (nSPS) is 17.9. The van der Waals surface area contributed by atoms with E-state index in [1.165, 1.54) is 0 Å². The molecule has 1 fully saturated rings. The van der Waals surface area contributed by atoms with Crippen molar-refractivity contribution < 1.29 is 14.7 Å². The van der Waals surface area contributed by atoms with Crippen LogP contribution in [0.2, 0.25) is 0 Å². The number of phenols is 1. The smallest absolute Gasteiger partial charge is 0.242 e. The summed E-state index contributed by atoms with van der Waals surface area (Å²) in [4.78, 5) is 25.6. The third kappa shape index (κ3) is 5.14. The van der Waals surface area contributed by atoms with E-state index < -0.39 is 10.8 Å². The molecule has 3 N–H and O–H groups in total. The fraction of sp³-hybridized carbons (Fsp3) is 0.231. The minimum absolute atomic E-state index is 0.109. The molecule has 0 saturated carbocycles. The molecule has 32 heavy (non-hydrogen) atoms. The molecule has 1 aliphatic heterocycles. The van der Waals surface area contributed by atoms with E-state index in [-0.39, 0.29) is 17.6 Å². The van der Waals surface area contributed by atoms with Gasteiger partial charge in [0.25, 0.3) is 0 Å². The second kappa shape index (κ2) is 9.49. The molecule has 0 bridgehead atoms. The van der Waals surface area contributed by atoms with Gasteiger partial charge in [-0.05, 0) is 40.8 Å². The van der Waals surface area contributed by atoms with Crippen molar-refractivity contribution in [2.75, 3.05) is 12.8 Å². The van der Waals surface area contributed by atoms with Crippen LogP contribution in [0.4, 0.5) is 0 Å². The Kier molecular flexibility index (Phi) is 6.51. The van der Waals surface area contributed by atoms with Crippen molar-refractivity contribution in [1.29, 1.82) is 0 Å². The lowest BCUT2D eigenvalue weighted by molar-refractivity contribution is -0.129. The van der Waals surface area contributed by atoms with Crippen LogP contribution in [-0.2, 0) is 22.4 Å². The molecule has 4 rings (SSSR count). The molecule has 0 aliphatic carbocycles. The number of carbonyl (C=O) groups is 2. The summed E-state index contributed by atoms with van der Waals surface area (Å²) in [5.41, 5.74) is 4.27. The molecule has 0 unspecified atom stereocenters. The third-order valence-electron chi connectivity index (χ3n) is 5.70. The molecular weight excluding hydrogens is 420 g/mol. The highest BCUT2D eigenvalue weighted by atomic mass is 32.2. The average molecular weight is 447 g/mol. The molecule has 2 amide bonds. The van der Waals surface area contributed by atoms with Crippen LogP contribution in [0.15, 0.2) is 78.9 Å². The van der Waals surface area contributed by atoms with Gasteiger partial charge in [0.15, 0.2) is 0 Å². The Balaban J connectivity index is 1.43. The Hall–Kier alpha value is -3.25. The van der Waals surface area contributed by atoms with Crippen molar-refractivity contribution in [3.8, 4) is 16.9 Å². The van der Waals surface area contributed by atoms with Gasteiger partial charge in [-0.15, -0.1) is 11.8 Å². The minimum Gasteiger partial charge on any atom is -0.508 e. The third-order valence-corrected chi connectivity index (χ3v) is 7.02. The van der Waals surface area contributed by atoms with Crippen molar-refractivity contribution in [3.63, 3.8) is 0 Å². The number of thioether (sulfide) groups is 1. The van der Waals surface area contributed by atoms with Gasteiger partial charge in [-0.3, -0.25) is 9.59 Å². The van der Waals surface area contributed by atoms with Gasteiger partial charge in [-0.2, -0.15) is 0 Å². The summed E-state index contributed by atoms with van der Waals surface area (Å²) in [6.45, 7) is 0. The van der Waals surface area contributed by atoms with Crippen LogP contribution in [0, 0.1) is 0 Å². The first-order chi connectivity index (χ1) is 15.5. The molecule has 164 valence electrons. The van der Waals surface area contributed by atoms with Gasteiger partial charge in [0.05, 0.1) is 0 Å². The Morgan fingerprint density at radius 3 is 2.12 bits per heavy atom. The lowest BCUT2D eigenvalue weighted by Gasteiger charge is -2.21. The van der Waals surface area contributed by atoms with E-state index in [1.54, 1.807) is 43.1 Å². The van der Waals surface area contributed by atoms with Crippen LogP contribution in [0.25, 0.3) is 11.1 Å². The Bertz CT molecular complexity index is 1080. The van der Waals surface area contributed by atoms with Crippen molar-refractivity contribution in [3.05, 3.63) is 90.0 Å². The Morgan fingerprint density at radius 2 is 1.53 bits per heavy atom. The fourth-order valence-corrected chi connectivity index (χ4v) is 4.58. The van der Waals surface area contributed by atoms with E-state index in [1.807, 2.05) is 18.2 Å². The van der Waals surface area contributed by atoms with E-state index in [0.29, 0.717) is 12.8 Å². The lowest BCUT2D eigenvalue weighted by atomic mass is 9.96. The highest BCUT2D eigenvalue weighted by molar-refractivity contribution is 8.08. The summed E-state index contributed by atoms with van der Waals surface area (Å²) in [6, 6.07) is 24.5. The number of amides is 2. The highest BCUT2D eigenvalue weighted by Crippen LogP contribution is 2.47. The van der Waals surface area contributed by atoms with Crippen LogP contribution in [-0.4, -0.2) is 40.5 Å². The molecule has 1 heterocycles. The molecule has 6 heteroatoms. The summed E-state index contributed by atoms with van der Waals surface area (Å²) < 4.78 is -0.532. The Morgan fingerprint density at radius 1 is 0.938 bits per heavy atom. The van der Waals surface area contributed by atoms with Crippen molar-refractivity contribution in [1.82, 2.24) is 10.6 Å². The van der Waals surface area contributed by atoms with Gasteiger partial charge in [0.1, 0.15) is 16.5 Å². The first-order valence-corrected chi connectivity index (χ1v) is 11.6. The summed E-state index contributed by atoms with van der Waals surface area (Å²) in [5.74, 6) is 0.557. The van der Waals surface area contributed by atoms with E-state index in [4.69, 9.17) is 0 Å². The largest absolute Gasteiger partial charge is 0.508 e. The number of phenolic OH excluding ortho intramolecular Hbond substituents is 1. The van der Waals surface area contributed by atoms with Gasteiger partial charge in [0, 0.05) is 19.2 Å². The predicted octanol–water partition coefficient (Wildman–Crippen LogP) is 3.56. The maximum atomic E-state index is 13.1. The summed E-state index contributed by atoms with van der Waals surface area (Å²) in [5, 5.41) is 15.1. The van der Waals surface area contributed by atoms with Gasteiger partial charge in [-0.25, -0.2) is 0 Å². The zero-order valence-electron chi connectivity index (χ0n) is 17.9. The van der Waals surface area contributed by atoms with E-state index in [2.05, 4.69) is 47.0 Å². The molecule has 3 aromatic rings. The monoisotopic (exact) mass is 446 g/mol.